The molecule has 0 saturated carbocycles. The number of ether oxygens (including phenoxy) is 3. The average molecular weight is 749 g/mol. The van der Waals surface area contributed by atoms with E-state index >= 15 is 0 Å². The normalized spacial score (nSPS) is 14.4. The number of aliphatic hydroxyl groups excluding tert-OH is 1. The van der Waals surface area contributed by atoms with E-state index in [2.05, 4.69) is 70.1 Å². The summed E-state index contributed by atoms with van der Waals surface area (Å²) in [5.74, 6) is 2.03. The first kappa shape index (κ1) is 38.8. The molecule has 10 nitrogen and oxygen atoms in total. The summed E-state index contributed by atoms with van der Waals surface area (Å²) in [5.41, 5.74) is 9.73. The monoisotopic (exact) mass is 748 g/mol. The number of hydrogen-bond donors (Lipinski definition) is 1. The van der Waals surface area contributed by atoms with Gasteiger partial charge < -0.3 is 24.2 Å². The lowest BCUT2D eigenvalue weighted by molar-refractivity contribution is 0.173. The number of halogens is 1. The van der Waals surface area contributed by atoms with Gasteiger partial charge in [-0.1, -0.05) is 41.9 Å². The number of rotatable bonds is 16. The van der Waals surface area contributed by atoms with Crippen LogP contribution in [0.3, 0.4) is 0 Å². The molecular formula is C43H49ClN6O4. The van der Waals surface area contributed by atoms with E-state index in [4.69, 9.17) is 25.8 Å². The molecule has 5 aromatic rings. The van der Waals surface area contributed by atoms with Crippen molar-refractivity contribution in [1.29, 1.82) is 5.26 Å². The maximum absolute atomic E-state index is 9.81. The number of hydrogen-bond acceptors (Lipinski definition) is 9. The van der Waals surface area contributed by atoms with E-state index in [1.54, 1.807) is 12.3 Å². The number of aromatic nitrogens is 3. The van der Waals surface area contributed by atoms with Gasteiger partial charge in [-0.2, -0.15) is 10.4 Å². The van der Waals surface area contributed by atoms with Gasteiger partial charge in [-0.3, -0.25) is 14.6 Å². The molecule has 1 aliphatic heterocycles. The second-order valence-electron chi connectivity index (χ2n) is 14.2. The molecule has 6 rings (SSSR count). The molecule has 282 valence electrons. The molecule has 0 aliphatic carbocycles. The minimum Gasteiger partial charge on any atom is -0.493 e. The summed E-state index contributed by atoms with van der Waals surface area (Å²) in [5, 5.41) is 24.3. The van der Waals surface area contributed by atoms with Crippen molar-refractivity contribution >= 4 is 11.6 Å². The van der Waals surface area contributed by atoms with Crippen molar-refractivity contribution < 1.29 is 19.3 Å². The summed E-state index contributed by atoms with van der Waals surface area (Å²) >= 11 is 6.90. The van der Waals surface area contributed by atoms with E-state index in [9.17, 15) is 10.4 Å². The fraction of sp³-hybridized carbons (Fsp3) is 0.372. The summed E-state index contributed by atoms with van der Waals surface area (Å²) in [6.45, 7) is 11.3. The lowest BCUT2D eigenvalue weighted by Crippen LogP contribution is -2.24. The van der Waals surface area contributed by atoms with Gasteiger partial charge in [0.2, 0.25) is 0 Å². The molecule has 1 atom stereocenters. The van der Waals surface area contributed by atoms with Crippen molar-refractivity contribution in [2.45, 2.75) is 66.0 Å². The molecule has 0 radical (unpaired) electrons. The lowest BCUT2D eigenvalue weighted by Gasteiger charge is -2.20. The van der Waals surface area contributed by atoms with Gasteiger partial charge in [-0.15, -0.1) is 0 Å². The molecule has 0 bridgehead atoms. The summed E-state index contributed by atoms with van der Waals surface area (Å²) < 4.78 is 20.9. The van der Waals surface area contributed by atoms with Crippen LogP contribution in [-0.4, -0.2) is 69.1 Å². The van der Waals surface area contributed by atoms with Crippen LogP contribution < -0.4 is 14.2 Å². The second-order valence-corrected chi connectivity index (χ2v) is 14.6. The van der Waals surface area contributed by atoms with Gasteiger partial charge in [0.05, 0.1) is 29.0 Å². The molecule has 0 amide bonds. The Morgan fingerprint density at radius 1 is 0.907 bits per heavy atom. The van der Waals surface area contributed by atoms with Crippen molar-refractivity contribution in [2.75, 3.05) is 33.3 Å². The van der Waals surface area contributed by atoms with Crippen molar-refractivity contribution in [2.24, 2.45) is 7.05 Å². The van der Waals surface area contributed by atoms with E-state index in [1.807, 2.05) is 50.0 Å². The van der Waals surface area contributed by atoms with Crippen molar-refractivity contribution in [3.05, 3.63) is 123 Å². The van der Waals surface area contributed by atoms with E-state index in [1.165, 1.54) is 6.20 Å². The zero-order valence-corrected chi connectivity index (χ0v) is 32.6. The highest BCUT2D eigenvalue weighted by atomic mass is 35.5. The van der Waals surface area contributed by atoms with Crippen molar-refractivity contribution in [3.8, 4) is 34.4 Å². The SMILES string of the molecule is Cc1c(COc2cc(OCc3cncc(C#N)c3)c(CN(C)Cc3cc(C)n(C)n3)cc2Cl)cccc1-c1cccc(OCCCN2CC[C@@H](O)C2)c1C. The smallest absolute Gasteiger partial charge is 0.142 e. The summed E-state index contributed by atoms with van der Waals surface area (Å²) in [4.78, 5) is 8.64. The predicted molar refractivity (Wildman–Crippen MR) is 211 cm³/mol. The molecule has 0 spiro atoms. The fourth-order valence-corrected chi connectivity index (χ4v) is 7.14. The Morgan fingerprint density at radius 2 is 1.69 bits per heavy atom. The first-order chi connectivity index (χ1) is 26.1. The standard InChI is InChI=1S/C43H49ClN6O4/c1-29-17-36(47-49(29)5)25-48(4)24-35-19-40(44)43(20-42(35)53-27-33-18-32(21-45)22-46-23-33)54-28-34-9-6-10-38(30(34)2)39-11-7-12-41(31(39)3)52-16-8-14-50-15-13-37(51)26-50/h6-7,9-12,17-20,22-23,37,51H,8,13-16,24-28H2,1-5H3/t37-/m1/s1. The van der Waals surface area contributed by atoms with Gasteiger partial charge in [-0.25, -0.2) is 0 Å². The molecule has 54 heavy (non-hydrogen) atoms. The quantitative estimate of drug-likeness (QED) is 0.102. The molecule has 0 unspecified atom stereocenters. The number of nitriles is 1. The van der Waals surface area contributed by atoms with Crippen LogP contribution in [0, 0.1) is 32.1 Å². The van der Waals surface area contributed by atoms with E-state index in [-0.39, 0.29) is 12.7 Å². The number of aliphatic hydroxyl groups is 1. The Labute approximate surface area is 323 Å². The number of pyridine rings is 1. The highest BCUT2D eigenvalue weighted by Crippen LogP contribution is 2.37. The van der Waals surface area contributed by atoms with E-state index in [0.717, 1.165) is 88.6 Å². The second kappa shape index (κ2) is 17.9. The third-order valence-corrected chi connectivity index (χ3v) is 10.3. The van der Waals surface area contributed by atoms with Gasteiger partial charge in [0.25, 0.3) is 0 Å². The Hall–Kier alpha value is -4.92. The molecule has 1 fully saturated rings. The van der Waals surface area contributed by atoms with Crippen LogP contribution in [0.15, 0.2) is 73.1 Å². The van der Waals surface area contributed by atoms with Gasteiger partial charge in [-0.05, 0) is 92.7 Å². The van der Waals surface area contributed by atoms with Gasteiger partial charge in [0.1, 0.15) is 36.5 Å². The molecular weight excluding hydrogens is 700 g/mol. The summed E-state index contributed by atoms with van der Waals surface area (Å²) in [7, 11) is 3.98. The van der Waals surface area contributed by atoms with Crippen LogP contribution in [-0.2, 0) is 33.4 Å². The first-order valence-corrected chi connectivity index (χ1v) is 18.8. The largest absolute Gasteiger partial charge is 0.493 e. The minimum atomic E-state index is -0.202. The van der Waals surface area contributed by atoms with Gasteiger partial charge in [0.15, 0.2) is 0 Å². The Kier molecular flexibility index (Phi) is 12.9. The van der Waals surface area contributed by atoms with Crippen LogP contribution in [0.1, 0.15) is 57.6 Å². The molecule has 11 heteroatoms. The summed E-state index contributed by atoms with van der Waals surface area (Å²) in [6, 6.07) is 22.2. The minimum absolute atomic E-state index is 0.202. The van der Waals surface area contributed by atoms with Crippen LogP contribution in [0.2, 0.25) is 5.02 Å². The number of nitrogens with zero attached hydrogens (tertiary/aromatic N) is 6. The molecule has 1 aliphatic rings. The molecule has 3 heterocycles. The highest BCUT2D eigenvalue weighted by molar-refractivity contribution is 6.32. The number of likely N-dealkylation sites (tertiary alicyclic amines) is 1. The number of aryl methyl sites for hydroxylation is 2. The lowest BCUT2D eigenvalue weighted by atomic mass is 9.93. The van der Waals surface area contributed by atoms with Crippen LogP contribution in [0.25, 0.3) is 11.1 Å². The molecule has 2 aromatic heterocycles. The number of benzene rings is 3. The Balaban J connectivity index is 1.17. The summed E-state index contributed by atoms with van der Waals surface area (Å²) in [6.07, 6.45) is 4.79. The zero-order valence-electron chi connectivity index (χ0n) is 31.8. The highest BCUT2D eigenvalue weighted by Gasteiger charge is 2.20. The molecule has 1 N–H and O–H groups in total. The maximum atomic E-state index is 9.81. The van der Waals surface area contributed by atoms with Crippen LogP contribution in [0.4, 0.5) is 0 Å². The average Bonchev–Trinajstić information content (AvgIpc) is 3.72. The van der Waals surface area contributed by atoms with E-state index in [0.29, 0.717) is 48.4 Å². The predicted octanol–water partition coefficient (Wildman–Crippen LogP) is 7.56. The topological polar surface area (TPSA) is 109 Å². The third-order valence-electron chi connectivity index (χ3n) is 10.00. The zero-order chi connectivity index (χ0) is 38.2. The molecule has 3 aromatic carbocycles. The van der Waals surface area contributed by atoms with Crippen molar-refractivity contribution in [3.63, 3.8) is 0 Å². The van der Waals surface area contributed by atoms with Crippen LogP contribution >= 0.6 is 11.6 Å². The Morgan fingerprint density at radius 3 is 2.43 bits per heavy atom. The number of β-amino-alcohol motifs (C(OH)–C–C–N with tert-alkyl or cyclic N) is 1. The first-order valence-electron chi connectivity index (χ1n) is 18.4. The van der Waals surface area contributed by atoms with Crippen molar-refractivity contribution in [1.82, 2.24) is 24.6 Å². The maximum Gasteiger partial charge on any atom is 0.142 e. The Bertz CT molecular complexity index is 2090. The van der Waals surface area contributed by atoms with Gasteiger partial charge in [0, 0.05) is 75.1 Å². The van der Waals surface area contributed by atoms with E-state index < -0.39 is 0 Å². The molecule has 1 saturated heterocycles. The fourth-order valence-electron chi connectivity index (χ4n) is 6.90. The van der Waals surface area contributed by atoms with Crippen LogP contribution in [0.5, 0.6) is 17.2 Å². The third kappa shape index (κ3) is 9.78. The van der Waals surface area contributed by atoms with Gasteiger partial charge >= 0.3 is 0 Å².